The number of aliphatic imine (C=N–C) groups is 1. The van der Waals surface area contributed by atoms with Crippen LogP contribution in [0.3, 0.4) is 0 Å². The van der Waals surface area contributed by atoms with E-state index in [1.807, 2.05) is 24.3 Å². The van der Waals surface area contributed by atoms with E-state index in [-0.39, 0.29) is 30.1 Å². The van der Waals surface area contributed by atoms with Crippen LogP contribution in [0.5, 0.6) is 0 Å². The molecule has 1 unspecified atom stereocenters. The molecule has 1 aromatic heterocycles. The van der Waals surface area contributed by atoms with E-state index in [9.17, 15) is 8.78 Å². The Morgan fingerprint density at radius 3 is 2.81 bits per heavy atom. The molecule has 1 N–H and O–H groups in total. The number of benzene rings is 1. The predicted molar refractivity (Wildman–Crippen MR) is 116 cm³/mol. The zero-order valence-corrected chi connectivity index (χ0v) is 19.0. The van der Waals surface area contributed by atoms with E-state index in [0.29, 0.717) is 31.0 Å². The molecule has 2 aromatic rings. The summed E-state index contributed by atoms with van der Waals surface area (Å²) in [6.45, 7) is 2.99. The minimum Gasteiger partial charge on any atom is -0.375 e. The van der Waals surface area contributed by atoms with E-state index in [2.05, 4.69) is 15.3 Å². The fourth-order valence-electron chi connectivity index (χ4n) is 2.43. The minimum absolute atomic E-state index is 0. The highest BCUT2D eigenvalue weighted by Gasteiger charge is 2.13. The summed E-state index contributed by atoms with van der Waals surface area (Å²) >= 11 is 1.56. The number of nitrogens with zero attached hydrogens (tertiary/aromatic N) is 3. The number of thiazole rings is 1. The van der Waals surface area contributed by atoms with Crippen molar-refractivity contribution in [3.8, 4) is 0 Å². The summed E-state index contributed by atoms with van der Waals surface area (Å²) in [4.78, 5) is 10.7. The zero-order chi connectivity index (χ0) is 19.1. The quantitative estimate of drug-likeness (QED) is 0.348. The Bertz CT molecular complexity index is 757. The molecular formula is C18H25F2IN4OS. The molecule has 1 aromatic carbocycles. The maximum atomic E-state index is 13.7. The number of nitrogens with one attached hydrogen (secondary N) is 1. The average molecular weight is 510 g/mol. The molecule has 2 rings (SSSR count). The van der Waals surface area contributed by atoms with Crippen LogP contribution in [0, 0.1) is 11.6 Å². The van der Waals surface area contributed by atoms with E-state index in [1.54, 1.807) is 25.5 Å². The van der Waals surface area contributed by atoms with Gasteiger partial charge in [0.25, 0.3) is 0 Å². The number of halogens is 3. The monoisotopic (exact) mass is 510 g/mol. The molecule has 150 valence electrons. The summed E-state index contributed by atoms with van der Waals surface area (Å²) < 4.78 is 32.2. The van der Waals surface area contributed by atoms with Gasteiger partial charge >= 0.3 is 0 Å². The lowest BCUT2D eigenvalue weighted by molar-refractivity contribution is 0.119. The van der Waals surface area contributed by atoms with Crippen LogP contribution in [0.2, 0.25) is 0 Å². The Kier molecular flexibility index (Phi) is 10.1. The van der Waals surface area contributed by atoms with Crippen molar-refractivity contribution in [2.24, 2.45) is 4.99 Å². The number of methoxy groups -OCH3 is 1. The molecule has 0 aliphatic carbocycles. The second-order valence-electron chi connectivity index (χ2n) is 5.87. The van der Waals surface area contributed by atoms with Crippen LogP contribution >= 0.6 is 35.3 Å². The van der Waals surface area contributed by atoms with Crippen molar-refractivity contribution in [3.63, 3.8) is 0 Å². The molecule has 0 amide bonds. The molecule has 0 saturated carbocycles. The Labute approximate surface area is 179 Å². The van der Waals surface area contributed by atoms with Gasteiger partial charge < -0.3 is 15.0 Å². The van der Waals surface area contributed by atoms with Crippen molar-refractivity contribution < 1.29 is 13.5 Å². The Morgan fingerprint density at radius 2 is 2.15 bits per heavy atom. The van der Waals surface area contributed by atoms with E-state index < -0.39 is 11.6 Å². The number of hydrogen-bond donors (Lipinski definition) is 1. The van der Waals surface area contributed by atoms with E-state index >= 15 is 0 Å². The first-order chi connectivity index (χ1) is 12.4. The largest absolute Gasteiger partial charge is 0.375 e. The van der Waals surface area contributed by atoms with Gasteiger partial charge in [-0.25, -0.2) is 13.8 Å². The predicted octanol–water partition coefficient (Wildman–Crippen LogP) is 4.00. The molecule has 0 aliphatic heterocycles. The smallest absolute Gasteiger partial charge is 0.193 e. The maximum absolute atomic E-state index is 13.7. The molecule has 0 fully saturated rings. The first kappa shape index (κ1) is 23.7. The molecule has 0 bridgehead atoms. The highest BCUT2D eigenvalue weighted by molar-refractivity contribution is 14.0. The van der Waals surface area contributed by atoms with Crippen LogP contribution in [-0.4, -0.2) is 43.6 Å². The minimum atomic E-state index is -0.437. The normalized spacial score (nSPS) is 12.4. The van der Waals surface area contributed by atoms with Gasteiger partial charge in [0.1, 0.15) is 22.7 Å². The van der Waals surface area contributed by atoms with Crippen molar-refractivity contribution in [2.45, 2.75) is 26.0 Å². The van der Waals surface area contributed by atoms with Gasteiger partial charge in [0.15, 0.2) is 5.96 Å². The van der Waals surface area contributed by atoms with Gasteiger partial charge in [0.2, 0.25) is 0 Å². The Hall–Kier alpha value is -1.33. The Balaban J connectivity index is 0.00000364. The maximum Gasteiger partial charge on any atom is 0.193 e. The highest BCUT2D eigenvalue weighted by Crippen LogP contribution is 2.20. The second-order valence-corrected chi connectivity index (χ2v) is 6.76. The number of rotatable bonds is 7. The number of hydrogen-bond acceptors (Lipinski definition) is 4. The summed E-state index contributed by atoms with van der Waals surface area (Å²) in [5.74, 6) is -0.178. The lowest BCUT2D eigenvalue weighted by Crippen LogP contribution is -2.39. The van der Waals surface area contributed by atoms with Gasteiger partial charge in [-0.1, -0.05) is 0 Å². The summed E-state index contributed by atoms with van der Waals surface area (Å²) in [7, 11) is 5.24. The van der Waals surface area contributed by atoms with E-state index in [1.165, 1.54) is 6.07 Å². The van der Waals surface area contributed by atoms with Gasteiger partial charge in [-0.05, 0) is 37.1 Å². The molecule has 5 nitrogen and oxygen atoms in total. The lowest BCUT2D eigenvalue weighted by atomic mass is 10.1. The highest BCUT2D eigenvalue weighted by atomic mass is 127. The summed E-state index contributed by atoms with van der Waals surface area (Å²) in [5, 5.41) is 6.09. The molecule has 27 heavy (non-hydrogen) atoms. The second kappa shape index (κ2) is 11.5. The van der Waals surface area contributed by atoms with Gasteiger partial charge in [0, 0.05) is 33.1 Å². The van der Waals surface area contributed by atoms with Crippen molar-refractivity contribution >= 4 is 41.3 Å². The zero-order valence-electron chi connectivity index (χ0n) is 15.8. The van der Waals surface area contributed by atoms with Crippen LogP contribution in [0.25, 0.3) is 0 Å². The van der Waals surface area contributed by atoms with Crippen molar-refractivity contribution in [2.75, 3.05) is 27.7 Å². The first-order valence-corrected chi connectivity index (χ1v) is 9.15. The number of aromatic nitrogens is 1. The average Bonchev–Trinajstić information content (AvgIpc) is 3.09. The van der Waals surface area contributed by atoms with E-state index in [0.717, 1.165) is 22.8 Å². The van der Waals surface area contributed by atoms with Gasteiger partial charge in [0.05, 0.1) is 12.2 Å². The third-order valence-electron chi connectivity index (χ3n) is 3.93. The molecule has 0 saturated heterocycles. The van der Waals surface area contributed by atoms with Crippen molar-refractivity contribution in [3.05, 3.63) is 51.5 Å². The lowest BCUT2D eigenvalue weighted by Gasteiger charge is -2.21. The third kappa shape index (κ3) is 6.96. The number of guanidine groups is 1. The molecule has 9 heteroatoms. The molecular weight excluding hydrogens is 485 g/mol. The van der Waals surface area contributed by atoms with Crippen LogP contribution in [0.4, 0.5) is 8.78 Å². The molecule has 0 radical (unpaired) electrons. The SMILES string of the molecule is CN=C(NCCc1cc(F)ccc1F)N(C)Cc1csc(C(C)OC)n1.I. The van der Waals surface area contributed by atoms with Crippen LogP contribution in [0.15, 0.2) is 28.6 Å². The van der Waals surface area contributed by atoms with Crippen LogP contribution < -0.4 is 5.32 Å². The van der Waals surface area contributed by atoms with Crippen molar-refractivity contribution in [1.82, 2.24) is 15.2 Å². The van der Waals surface area contributed by atoms with E-state index in [4.69, 9.17) is 4.74 Å². The third-order valence-corrected chi connectivity index (χ3v) is 4.98. The molecule has 0 spiro atoms. The molecule has 0 aliphatic rings. The molecule has 1 heterocycles. The fourth-order valence-corrected chi connectivity index (χ4v) is 3.27. The summed E-state index contributed by atoms with van der Waals surface area (Å²) in [6.07, 6.45) is 0.334. The van der Waals surface area contributed by atoms with Crippen LogP contribution in [-0.2, 0) is 17.7 Å². The van der Waals surface area contributed by atoms with Gasteiger partial charge in [-0.2, -0.15) is 0 Å². The van der Waals surface area contributed by atoms with Gasteiger partial charge in [-0.3, -0.25) is 4.99 Å². The standard InChI is InChI=1S/C18H24F2N4OS.HI/c1-12(25-4)17-23-15(11-26-17)10-24(3)18(21-2)22-8-7-13-9-14(19)5-6-16(13)20;/h5-6,9,11-12H,7-8,10H2,1-4H3,(H,21,22);1H. The summed E-state index contributed by atoms with van der Waals surface area (Å²) in [6, 6.07) is 3.48. The molecule has 1 atom stereocenters. The first-order valence-electron chi connectivity index (χ1n) is 8.27. The topological polar surface area (TPSA) is 49.8 Å². The Morgan fingerprint density at radius 1 is 1.41 bits per heavy atom. The van der Waals surface area contributed by atoms with Crippen LogP contribution in [0.1, 0.15) is 29.3 Å². The fraction of sp³-hybridized carbons (Fsp3) is 0.444. The number of ether oxygens (including phenoxy) is 1. The van der Waals surface area contributed by atoms with Gasteiger partial charge in [-0.15, -0.1) is 35.3 Å². The van der Waals surface area contributed by atoms with Crippen molar-refractivity contribution in [1.29, 1.82) is 0 Å². The summed E-state index contributed by atoms with van der Waals surface area (Å²) in [5.41, 5.74) is 1.27.